The van der Waals surface area contributed by atoms with Gasteiger partial charge in [0.1, 0.15) is 11.4 Å². The van der Waals surface area contributed by atoms with Gasteiger partial charge in [0.2, 0.25) is 0 Å². The van der Waals surface area contributed by atoms with Gasteiger partial charge in [-0.1, -0.05) is 45.2 Å². The minimum atomic E-state index is 0.154. The third kappa shape index (κ3) is 4.03. The zero-order chi connectivity index (χ0) is 23.3. The van der Waals surface area contributed by atoms with Gasteiger partial charge in [-0.05, 0) is 55.9 Å². The molecule has 0 N–H and O–H groups in total. The van der Waals surface area contributed by atoms with Crippen LogP contribution in [0.15, 0.2) is 57.4 Å². The Hall–Kier alpha value is -2.46. The molecule has 5 rings (SSSR count). The predicted octanol–water partition coefficient (Wildman–Crippen LogP) is 6.78. The SMILES string of the molecule is CC(C)n1cnnc1Sc1nc2cc(Cl)c(Cl)cc2nc1-n1c(C=O)cc2ccc(Br)cc21. The van der Waals surface area contributed by atoms with Crippen LogP contribution in [-0.2, 0) is 0 Å². The van der Waals surface area contributed by atoms with Crippen molar-refractivity contribution in [3.8, 4) is 5.82 Å². The molecular weight excluding hydrogens is 547 g/mol. The Morgan fingerprint density at radius 3 is 2.48 bits per heavy atom. The lowest BCUT2D eigenvalue weighted by atomic mass is 10.2. The van der Waals surface area contributed by atoms with Crippen molar-refractivity contribution in [3.05, 3.63) is 62.9 Å². The number of aldehydes is 1. The van der Waals surface area contributed by atoms with Crippen molar-refractivity contribution in [3.63, 3.8) is 0 Å². The third-order valence-corrected chi connectivity index (χ3v) is 7.23. The molecule has 0 radical (unpaired) electrons. The minimum absolute atomic E-state index is 0.154. The van der Waals surface area contributed by atoms with Crippen LogP contribution in [0.3, 0.4) is 0 Å². The second kappa shape index (κ2) is 8.72. The number of hydrogen-bond acceptors (Lipinski definition) is 6. The van der Waals surface area contributed by atoms with Gasteiger partial charge in [-0.15, -0.1) is 10.2 Å². The molecule has 0 saturated heterocycles. The lowest BCUT2D eigenvalue weighted by Crippen LogP contribution is -2.07. The maximum absolute atomic E-state index is 12.0. The van der Waals surface area contributed by atoms with E-state index < -0.39 is 0 Å². The zero-order valence-electron chi connectivity index (χ0n) is 17.3. The number of carbonyl (C=O) groups excluding carboxylic acids is 1. The molecule has 11 heteroatoms. The summed E-state index contributed by atoms with van der Waals surface area (Å²) >= 11 is 17.3. The first-order chi connectivity index (χ1) is 15.9. The second-order valence-electron chi connectivity index (χ2n) is 7.55. The highest BCUT2D eigenvalue weighted by Gasteiger charge is 2.21. The van der Waals surface area contributed by atoms with E-state index in [-0.39, 0.29) is 6.04 Å². The van der Waals surface area contributed by atoms with Gasteiger partial charge in [0.25, 0.3) is 0 Å². The van der Waals surface area contributed by atoms with Gasteiger partial charge >= 0.3 is 0 Å². The summed E-state index contributed by atoms with van der Waals surface area (Å²) in [6.45, 7) is 4.09. The Balaban J connectivity index is 1.82. The number of fused-ring (bicyclic) bond motifs is 2. The molecule has 0 aliphatic heterocycles. The van der Waals surface area contributed by atoms with Crippen molar-refractivity contribution in [2.75, 3.05) is 0 Å². The molecule has 33 heavy (non-hydrogen) atoms. The largest absolute Gasteiger partial charge is 0.306 e. The lowest BCUT2D eigenvalue weighted by molar-refractivity contribution is 0.111. The van der Waals surface area contributed by atoms with Crippen molar-refractivity contribution in [1.82, 2.24) is 29.3 Å². The molecule has 0 atom stereocenters. The van der Waals surface area contributed by atoms with Crippen molar-refractivity contribution < 1.29 is 4.79 Å². The summed E-state index contributed by atoms with van der Waals surface area (Å²) in [5.74, 6) is 0.486. The van der Waals surface area contributed by atoms with E-state index in [9.17, 15) is 4.79 Å². The summed E-state index contributed by atoms with van der Waals surface area (Å²) < 4.78 is 4.62. The molecule has 0 bridgehead atoms. The fourth-order valence-electron chi connectivity index (χ4n) is 3.50. The fraction of sp³-hybridized carbons (Fsp3) is 0.136. The Kier molecular flexibility index (Phi) is 5.90. The van der Waals surface area contributed by atoms with E-state index in [4.69, 9.17) is 33.2 Å². The topological polar surface area (TPSA) is 78.5 Å². The van der Waals surface area contributed by atoms with Crippen LogP contribution in [0.2, 0.25) is 10.0 Å². The number of nitrogens with zero attached hydrogens (tertiary/aromatic N) is 6. The van der Waals surface area contributed by atoms with Gasteiger partial charge in [0.15, 0.2) is 17.3 Å². The van der Waals surface area contributed by atoms with Gasteiger partial charge in [-0.3, -0.25) is 9.36 Å². The van der Waals surface area contributed by atoms with Gasteiger partial charge in [0.05, 0.1) is 32.3 Å². The van der Waals surface area contributed by atoms with Crippen molar-refractivity contribution in [1.29, 1.82) is 0 Å². The highest BCUT2D eigenvalue weighted by molar-refractivity contribution is 9.10. The Morgan fingerprint density at radius 1 is 1.06 bits per heavy atom. The molecular formula is C22H15BrCl2N6OS. The molecule has 0 unspecified atom stereocenters. The number of rotatable bonds is 5. The van der Waals surface area contributed by atoms with E-state index >= 15 is 0 Å². The first-order valence-electron chi connectivity index (χ1n) is 9.86. The van der Waals surface area contributed by atoms with E-state index in [0.717, 1.165) is 21.7 Å². The molecule has 0 aliphatic carbocycles. The Morgan fingerprint density at radius 2 is 1.79 bits per heavy atom. The van der Waals surface area contributed by atoms with Crippen LogP contribution in [0.4, 0.5) is 0 Å². The summed E-state index contributed by atoms with van der Waals surface area (Å²) in [4.78, 5) is 21.7. The summed E-state index contributed by atoms with van der Waals surface area (Å²) in [7, 11) is 0. The van der Waals surface area contributed by atoms with E-state index in [1.54, 1.807) is 23.0 Å². The molecule has 166 valence electrons. The molecule has 7 nitrogen and oxygen atoms in total. The highest BCUT2D eigenvalue weighted by atomic mass is 79.9. The standard InChI is InChI=1S/C22H15BrCl2N6OS/c1-11(2)30-10-26-29-22(30)33-21-20(27-17-7-15(24)16(25)8-18(17)28-21)31-14(9-32)5-12-3-4-13(23)6-19(12)31/h3-11H,1-2H3. The molecule has 0 saturated carbocycles. The molecule has 0 aliphatic rings. The number of hydrogen-bond donors (Lipinski definition) is 0. The van der Waals surface area contributed by atoms with Crippen molar-refractivity contribution in [2.45, 2.75) is 30.1 Å². The fourth-order valence-corrected chi connectivity index (χ4v) is 5.17. The molecule has 0 spiro atoms. The molecule has 3 aromatic heterocycles. The Bertz CT molecular complexity index is 1550. The maximum atomic E-state index is 12.0. The molecule has 2 aromatic carbocycles. The number of benzene rings is 2. The predicted molar refractivity (Wildman–Crippen MR) is 134 cm³/mol. The van der Waals surface area contributed by atoms with Crippen molar-refractivity contribution in [2.24, 2.45) is 0 Å². The number of aromatic nitrogens is 6. The van der Waals surface area contributed by atoms with Crippen LogP contribution < -0.4 is 0 Å². The quantitative estimate of drug-likeness (QED) is 0.220. The van der Waals surface area contributed by atoms with Crippen LogP contribution in [0.25, 0.3) is 27.8 Å². The second-order valence-corrected chi connectivity index (χ2v) is 10.2. The van der Waals surface area contributed by atoms with Crippen LogP contribution >= 0.6 is 50.9 Å². The van der Waals surface area contributed by atoms with E-state index in [2.05, 4.69) is 26.1 Å². The zero-order valence-corrected chi connectivity index (χ0v) is 21.2. The van der Waals surface area contributed by atoms with Crippen LogP contribution in [0, 0.1) is 0 Å². The van der Waals surface area contributed by atoms with Crippen LogP contribution in [0.5, 0.6) is 0 Å². The normalized spacial score (nSPS) is 11.7. The summed E-state index contributed by atoms with van der Waals surface area (Å²) in [6, 6.07) is 11.1. The van der Waals surface area contributed by atoms with Gasteiger partial charge in [-0.2, -0.15) is 0 Å². The maximum Gasteiger partial charge on any atom is 0.197 e. The monoisotopic (exact) mass is 560 g/mol. The molecule has 5 aromatic rings. The average molecular weight is 562 g/mol. The first kappa shape index (κ1) is 22.3. The Labute approximate surface area is 211 Å². The minimum Gasteiger partial charge on any atom is -0.306 e. The number of halogens is 3. The van der Waals surface area contributed by atoms with Crippen LogP contribution in [0.1, 0.15) is 30.4 Å². The summed E-state index contributed by atoms with van der Waals surface area (Å²) in [6.07, 6.45) is 2.48. The molecule has 0 amide bonds. The molecule has 3 heterocycles. The smallest absolute Gasteiger partial charge is 0.197 e. The van der Waals surface area contributed by atoms with E-state index in [1.807, 2.05) is 42.7 Å². The highest BCUT2D eigenvalue weighted by Crippen LogP contribution is 2.36. The van der Waals surface area contributed by atoms with Gasteiger partial charge < -0.3 is 4.57 Å². The van der Waals surface area contributed by atoms with E-state index in [0.29, 0.717) is 42.8 Å². The lowest BCUT2D eigenvalue weighted by Gasteiger charge is -2.14. The first-order valence-corrected chi connectivity index (χ1v) is 12.2. The van der Waals surface area contributed by atoms with Crippen LogP contribution in [-0.4, -0.2) is 35.6 Å². The molecule has 0 fully saturated rings. The van der Waals surface area contributed by atoms with E-state index in [1.165, 1.54) is 11.8 Å². The van der Waals surface area contributed by atoms with Gasteiger partial charge in [-0.25, -0.2) is 9.97 Å². The average Bonchev–Trinajstić information content (AvgIpc) is 3.38. The third-order valence-electron chi connectivity index (χ3n) is 5.07. The van der Waals surface area contributed by atoms with Crippen molar-refractivity contribution >= 4 is 79.1 Å². The summed E-state index contributed by atoms with van der Waals surface area (Å²) in [5, 5.41) is 11.2. The number of carbonyl (C=O) groups is 1. The van der Waals surface area contributed by atoms with Gasteiger partial charge in [0, 0.05) is 15.9 Å². The summed E-state index contributed by atoms with van der Waals surface area (Å²) in [5.41, 5.74) is 2.40.